The summed E-state index contributed by atoms with van der Waals surface area (Å²) in [5.74, 6) is 0.403. The van der Waals surface area contributed by atoms with Gasteiger partial charge < -0.3 is 15.3 Å². The first-order chi connectivity index (χ1) is 9.04. The van der Waals surface area contributed by atoms with Gasteiger partial charge in [0.15, 0.2) is 0 Å². The molecule has 0 radical (unpaired) electrons. The van der Waals surface area contributed by atoms with Crippen molar-refractivity contribution in [3.63, 3.8) is 0 Å². The third-order valence-electron chi connectivity index (χ3n) is 2.87. The topological polar surface area (TPSA) is 35.5 Å². The van der Waals surface area contributed by atoms with Gasteiger partial charge in [0.25, 0.3) is 0 Å². The lowest BCUT2D eigenvalue weighted by Crippen LogP contribution is -2.21. The molecule has 4 heteroatoms. The second kappa shape index (κ2) is 8.55. The first-order valence-electron chi connectivity index (χ1n) is 6.51. The van der Waals surface area contributed by atoms with Crippen molar-refractivity contribution in [2.24, 2.45) is 0 Å². The van der Waals surface area contributed by atoms with Crippen LogP contribution in [0.5, 0.6) is 5.75 Å². The van der Waals surface area contributed by atoms with Crippen LogP contribution in [0.25, 0.3) is 0 Å². The summed E-state index contributed by atoms with van der Waals surface area (Å²) in [5.41, 5.74) is 1.92. The number of hydrogen-bond acceptors (Lipinski definition) is 3. The summed E-state index contributed by atoms with van der Waals surface area (Å²) in [5, 5.41) is 13.6. The third-order valence-corrected chi connectivity index (χ3v) is 3.49. The summed E-state index contributed by atoms with van der Waals surface area (Å²) < 4.78 is 1.15. The van der Waals surface area contributed by atoms with Crippen molar-refractivity contribution in [2.45, 2.75) is 19.4 Å². The van der Waals surface area contributed by atoms with Gasteiger partial charge in [-0.1, -0.05) is 6.08 Å². The predicted molar refractivity (Wildman–Crippen MR) is 89.6 cm³/mol. The van der Waals surface area contributed by atoms with Gasteiger partial charge in [-0.3, -0.25) is 0 Å². The number of allylic oxidation sites excluding steroid dienone is 1. The highest BCUT2D eigenvalue weighted by Crippen LogP contribution is 2.26. The first kappa shape index (κ1) is 16.5. The van der Waals surface area contributed by atoms with Crippen LogP contribution in [0.2, 0.25) is 0 Å². The summed E-state index contributed by atoms with van der Waals surface area (Å²) in [6, 6.07) is 4.04. The molecule has 0 heterocycles. The largest absolute Gasteiger partial charge is 0.507 e. The monoisotopic (exact) mass is 374 g/mol. The van der Waals surface area contributed by atoms with E-state index in [4.69, 9.17) is 0 Å². The molecular formula is C15H23IN2O. The molecule has 106 valence electrons. The van der Waals surface area contributed by atoms with Crippen LogP contribution in [-0.2, 0) is 13.0 Å². The van der Waals surface area contributed by atoms with E-state index in [-0.39, 0.29) is 0 Å². The molecule has 2 N–H and O–H groups in total. The molecule has 0 fully saturated rings. The minimum Gasteiger partial charge on any atom is -0.507 e. The van der Waals surface area contributed by atoms with Crippen LogP contribution >= 0.6 is 22.6 Å². The molecule has 1 aromatic carbocycles. The van der Waals surface area contributed by atoms with E-state index in [9.17, 15) is 5.11 Å². The van der Waals surface area contributed by atoms with Crippen LogP contribution in [-0.4, -0.2) is 37.2 Å². The lowest BCUT2D eigenvalue weighted by Gasteiger charge is -2.12. The van der Waals surface area contributed by atoms with E-state index in [1.54, 1.807) is 0 Å². The van der Waals surface area contributed by atoms with Gasteiger partial charge in [-0.2, -0.15) is 0 Å². The number of halogens is 1. The van der Waals surface area contributed by atoms with Crippen LogP contribution < -0.4 is 5.32 Å². The molecule has 0 aliphatic heterocycles. The van der Waals surface area contributed by atoms with E-state index in [1.165, 1.54) is 0 Å². The van der Waals surface area contributed by atoms with E-state index in [2.05, 4.69) is 53.5 Å². The van der Waals surface area contributed by atoms with Gasteiger partial charge in [-0.15, -0.1) is 6.58 Å². The SMILES string of the molecule is C=CCc1cc(I)cc(CNCCCN(C)C)c1O. The van der Waals surface area contributed by atoms with Crippen molar-refractivity contribution in [3.8, 4) is 5.75 Å². The molecule has 0 spiro atoms. The van der Waals surface area contributed by atoms with Gasteiger partial charge >= 0.3 is 0 Å². The van der Waals surface area contributed by atoms with E-state index in [0.717, 1.165) is 34.2 Å². The maximum Gasteiger partial charge on any atom is 0.123 e. The van der Waals surface area contributed by atoms with Gasteiger partial charge in [-0.05, 0) is 80.3 Å². The molecule has 0 amide bonds. The van der Waals surface area contributed by atoms with Crippen molar-refractivity contribution >= 4 is 22.6 Å². The van der Waals surface area contributed by atoms with Crippen LogP contribution in [0, 0.1) is 3.57 Å². The molecule has 1 aromatic rings. The molecular weight excluding hydrogens is 351 g/mol. The Morgan fingerprint density at radius 2 is 2.05 bits per heavy atom. The Bertz CT molecular complexity index is 419. The van der Waals surface area contributed by atoms with Crippen LogP contribution in [0.1, 0.15) is 17.5 Å². The molecule has 0 bridgehead atoms. The summed E-state index contributed by atoms with van der Waals surface area (Å²) in [6.07, 6.45) is 3.63. The summed E-state index contributed by atoms with van der Waals surface area (Å²) in [6.45, 7) is 6.47. The smallest absolute Gasteiger partial charge is 0.123 e. The number of aromatic hydroxyl groups is 1. The zero-order valence-electron chi connectivity index (χ0n) is 11.7. The van der Waals surface area contributed by atoms with Crippen LogP contribution in [0.15, 0.2) is 24.8 Å². The lowest BCUT2D eigenvalue weighted by atomic mass is 10.1. The number of benzene rings is 1. The van der Waals surface area contributed by atoms with Gasteiger partial charge in [-0.25, -0.2) is 0 Å². The van der Waals surface area contributed by atoms with E-state index in [1.807, 2.05) is 18.2 Å². The molecule has 19 heavy (non-hydrogen) atoms. The fraction of sp³-hybridized carbons (Fsp3) is 0.467. The fourth-order valence-electron chi connectivity index (χ4n) is 1.91. The highest BCUT2D eigenvalue weighted by molar-refractivity contribution is 14.1. The Morgan fingerprint density at radius 1 is 1.37 bits per heavy atom. The quantitative estimate of drug-likeness (QED) is 0.417. The van der Waals surface area contributed by atoms with Crippen molar-refractivity contribution in [3.05, 3.63) is 39.5 Å². The van der Waals surface area contributed by atoms with Crippen molar-refractivity contribution < 1.29 is 5.11 Å². The zero-order valence-corrected chi connectivity index (χ0v) is 13.9. The highest BCUT2D eigenvalue weighted by Gasteiger charge is 2.08. The Morgan fingerprint density at radius 3 is 2.68 bits per heavy atom. The number of phenols is 1. The molecule has 0 unspecified atom stereocenters. The molecule has 0 aliphatic carbocycles. The average Bonchev–Trinajstić information content (AvgIpc) is 2.34. The zero-order chi connectivity index (χ0) is 14.3. The second-order valence-electron chi connectivity index (χ2n) is 4.90. The van der Waals surface area contributed by atoms with Crippen LogP contribution in [0.4, 0.5) is 0 Å². The lowest BCUT2D eigenvalue weighted by molar-refractivity contribution is 0.393. The molecule has 1 rings (SSSR count). The minimum atomic E-state index is 0.403. The number of rotatable bonds is 8. The fourth-order valence-corrected chi connectivity index (χ4v) is 2.66. The molecule has 0 aliphatic rings. The summed E-state index contributed by atoms with van der Waals surface area (Å²) in [7, 11) is 4.15. The maximum absolute atomic E-state index is 10.2. The van der Waals surface area contributed by atoms with Crippen molar-refractivity contribution in [1.82, 2.24) is 10.2 Å². The van der Waals surface area contributed by atoms with E-state index in [0.29, 0.717) is 18.7 Å². The van der Waals surface area contributed by atoms with Crippen LogP contribution in [0.3, 0.4) is 0 Å². The summed E-state index contributed by atoms with van der Waals surface area (Å²) in [4.78, 5) is 2.17. The molecule has 0 aromatic heterocycles. The Kier molecular flexibility index (Phi) is 7.41. The Labute approximate surface area is 129 Å². The van der Waals surface area contributed by atoms with E-state index < -0.39 is 0 Å². The average molecular weight is 374 g/mol. The first-order valence-corrected chi connectivity index (χ1v) is 7.59. The third kappa shape index (κ3) is 5.93. The standard InChI is InChI=1S/C15H23IN2O/c1-4-6-12-9-14(16)10-13(15(12)19)11-17-7-5-8-18(2)3/h4,9-10,17,19H,1,5-8,11H2,2-3H3. The second-order valence-corrected chi connectivity index (χ2v) is 6.14. The minimum absolute atomic E-state index is 0.403. The molecule has 0 saturated heterocycles. The predicted octanol–water partition coefficient (Wildman–Crippen LogP) is 2.77. The molecule has 0 atom stereocenters. The Balaban J connectivity index is 2.55. The van der Waals surface area contributed by atoms with Gasteiger partial charge in [0.1, 0.15) is 5.75 Å². The number of nitrogens with zero attached hydrogens (tertiary/aromatic N) is 1. The van der Waals surface area contributed by atoms with E-state index >= 15 is 0 Å². The normalized spacial score (nSPS) is 10.9. The van der Waals surface area contributed by atoms with Crippen molar-refractivity contribution in [2.75, 3.05) is 27.2 Å². The molecule has 0 saturated carbocycles. The van der Waals surface area contributed by atoms with Gasteiger partial charge in [0, 0.05) is 15.7 Å². The number of nitrogens with one attached hydrogen (secondary N) is 1. The summed E-state index contributed by atoms with van der Waals surface area (Å²) >= 11 is 2.28. The number of phenolic OH excluding ortho intramolecular Hbond substituents is 1. The van der Waals surface area contributed by atoms with Gasteiger partial charge in [0.05, 0.1) is 0 Å². The van der Waals surface area contributed by atoms with Gasteiger partial charge in [0.2, 0.25) is 0 Å². The number of hydrogen-bond donors (Lipinski definition) is 2. The highest BCUT2D eigenvalue weighted by atomic mass is 127. The molecule has 3 nitrogen and oxygen atoms in total. The van der Waals surface area contributed by atoms with Crippen molar-refractivity contribution in [1.29, 1.82) is 0 Å². The maximum atomic E-state index is 10.2. The Hall–Kier alpha value is -0.590.